The fourth-order valence-electron chi connectivity index (χ4n) is 2.03. The first-order valence-corrected chi connectivity index (χ1v) is 5.47. The van der Waals surface area contributed by atoms with E-state index in [0.29, 0.717) is 5.92 Å². The summed E-state index contributed by atoms with van der Waals surface area (Å²) < 4.78 is 0. The Morgan fingerprint density at radius 1 is 1.33 bits per heavy atom. The van der Waals surface area contributed by atoms with Crippen molar-refractivity contribution in [1.82, 2.24) is 10.3 Å². The second-order valence-corrected chi connectivity index (χ2v) is 4.29. The molecular formula is C13H18N2. The molecule has 0 atom stereocenters. The third-order valence-corrected chi connectivity index (χ3v) is 2.74. The van der Waals surface area contributed by atoms with Crippen LogP contribution < -0.4 is 5.32 Å². The summed E-state index contributed by atoms with van der Waals surface area (Å²) >= 11 is 0. The Balaban J connectivity index is 2.54. The highest BCUT2D eigenvalue weighted by Crippen LogP contribution is 2.25. The van der Waals surface area contributed by atoms with Gasteiger partial charge in [-0.05, 0) is 30.7 Å². The minimum absolute atomic E-state index is 0.576. The maximum Gasteiger partial charge on any atom is 0.0459 e. The van der Waals surface area contributed by atoms with Crippen LogP contribution in [-0.2, 0) is 6.54 Å². The summed E-state index contributed by atoms with van der Waals surface area (Å²) in [5.41, 5.74) is 3.91. The molecule has 2 heteroatoms. The van der Waals surface area contributed by atoms with E-state index in [0.717, 1.165) is 6.54 Å². The smallest absolute Gasteiger partial charge is 0.0459 e. The molecule has 80 valence electrons. The molecule has 2 rings (SSSR count). The number of nitrogens with one attached hydrogen (secondary N) is 2. The van der Waals surface area contributed by atoms with Gasteiger partial charge in [-0.3, -0.25) is 0 Å². The van der Waals surface area contributed by atoms with Crippen molar-refractivity contribution in [3.05, 3.63) is 35.5 Å². The van der Waals surface area contributed by atoms with E-state index in [1.165, 1.54) is 22.2 Å². The fourth-order valence-corrected chi connectivity index (χ4v) is 2.03. The van der Waals surface area contributed by atoms with Crippen molar-refractivity contribution in [2.75, 3.05) is 7.05 Å². The second-order valence-electron chi connectivity index (χ2n) is 4.29. The van der Waals surface area contributed by atoms with Gasteiger partial charge in [-0.2, -0.15) is 0 Å². The van der Waals surface area contributed by atoms with E-state index >= 15 is 0 Å². The number of benzene rings is 1. The van der Waals surface area contributed by atoms with Crippen molar-refractivity contribution < 1.29 is 0 Å². The summed E-state index contributed by atoms with van der Waals surface area (Å²) in [5.74, 6) is 0.576. The highest BCUT2D eigenvalue weighted by Gasteiger charge is 2.07. The molecule has 1 aromatic carbocycles. The molecule has 0 unspecified atom stereocenters. The van der Waals surface area contributed by atoms with Crippen LogP contribution >= 0.6 is 0 Å². The summed E-state index contributed by atoms with van der Waals surface area (Å²) in [6.07, 6.45) is 0. The first-order valence-electron chi connectivity index (χ1n) is 5.47. The number of H-pyrrole nitrogens is 1. The molecule has 0 amide bonds. The molecule has 2 nitrogen and oxygen atoms in total. The molecule has 1 aromatic heterocycles. The van der Waals surface area contributed by atoms with Gasteiger partial charge in [0.2, 0.25) is 0 Å². The monoisotopic (exact) mass is 202 g/mol. The van der Waals surface area contributed by atoms with E-state index in [1.807, 2.05) is 7.05 Å². The largest absolute Gasteiger partial charge is 0.357 e. The lowest BCUT2D eigenvalue weighted by atomic mass is 9.99. The summed E-state index contributed by atoms with van der Waals surface area (Å²) in [6, 6.07) is 8.73. The van der Waals surface area contributed by atoms with Gasteiger partial charge < -0.3 is 10.3 Å². The lowest BCUT2D eigenvalue weighted by molar-refractivity contribution is 0.799. The predicted octanol–water partition coefficient (Wildman–Crippen LogP) is 3.01. The zero-order valence-corrected chi connectivity index (χ0v) is 9.59. The van der Waals surface area contributed by atoms with Crippen molar-refractivity contribution in [3.63, 3.8) is 0 Å². The molecule has 0 bridgehead atoms. The molecule has 0 fully saturated rings. The number of aromatic amines is 1. The summed E-state index contributed by atoms with van der Waals surface area (Å²) in [5, 5.41) is 4.52. The van der Waals surface area contributed by atoms with Gasteiger partial charge in [-0.25, -0.2) is 0 Å². The van der Waals surface area contributed by atoms with Gasteiger partial charge in [0, 0.05) is 23.1 Å². The molecule has 0 aliphatic rings. The van der Waals surface area contributed by atoms with Crippen LogP contribution in [0.3, 0.4) is 0 Å². The van der Waals surface area contributed by atoms with Crippen LogP contribution in [0.15, 0.2) is 24.3 Å². The molecule has 0 aliphatic carbocycles. The molecule has 2 aromatic rings. The van der Waals surface area contributed by atoms with Gasteiger partial charge >= 0.3 is 0 Å². The number of aromatic nitrogens is 1. The Morgan fingerprint density at radius 3 is 2.80 bits per heavy atom. The molecule has 0 aliphatic heterocycles. The lowest BCUT2D eigenvalue weighted by Crippen LogP contribution is -2.04. The van der Waals surface area contributed by atoms with Gasteiger partial charge in [0.1, 0.15) is 0 Å². The molecule has 1 heterocycles. The van der Waals surface area contributed by atoms with E-state index in [4.69, 9.17) is 0 Å². The van der Waals surface area contributed by atoms with Gasteiger partial charge in [0.15, 0.2) is 0 Å². The maximum absolute atomic E-state index is 3.43. The maximum atomic E-state index is 3.43. The fraction of sp³-hybridized carbons (Fsp3) is 0.385. The minimum Gasteiger partial charge on any atom is -0.357 e. The van der Waals surface area contributed by atoms with E-state index in [-0.39, 0.29) is 0 Å². The third-order valence-electron chi connectivity index (χ3n) is 2.74. The van der Waals surface area contributed by atoms with Crippen LogP contribution in [0.2, 0.25) is 0 Å². The lowest BCUT2D eigenvalue weighted by Gasteiger charge is -2.05. The molecule has 2 N–H and O–H groups in total. The van der Waals surface area contributed by atoms with Crippen LogP contribution in [0.1, 0.15) is 31.0 Å². The molecule has 15 heavy (non-hydrogen) atoms. The van der Waals surface area contributed by atoms with Crippen LogP contribution in [0.25, 0.3) is 10.9 Å². The number of hydrogen-bond donors (Lipinski definition) is 2. The number of fused-ring (bicyclic) bond motifs is 1. The van der Waals surface area contributed by atoms with Crippen molar-refractivity contribution in [2.24, 2.45) is 0 Å². The van der Waals surface area contributed by atoms with Crippen LogP contribution in [0, 0.1) is 0 Å². The summed E-state index contributed by atoms with van der Waals surface area (Å²) in [7, 11) is 1.97. The van der Waals surface area contributed by atoms with Crippen LogP contribution in [-0.4, -0.2) is 12.0 Å². The first kappa shape index (κ1) is 10.2. The summed E-state index contributed by atoms with van der Waals surface area (Å²) in [4.78, 5) is 3.43. The van der Waals surface area contributed by atoms with Gasteiger partial charge in [-0.15, -0.1) is 0 Å². The molecule has 0 saturated carbocycles. The first-order chi connectivity index (χ1) is 7.22. The van der Waals surface area contributed by atoms with E-state index < -0.39 is 0 Å². The highest BCUT2D eigenvalue weighted by atomic mass is 14.9. The Hall–Kier alpha value is -1.28. The predicted molar refractivity (Wildman–Crippen MR) is 65.2 cm³/mol. The number of hydrogen-bond acceptors (Lipinski definition) is 1. The van der Waals surface area contributed by atoms with Gasteiger partial charge in [0.25, 0.3) is 0 Å². The standard InChI is InChI=1S/C13H18N2/c1-9(2)11-5-4-6-13-12(11)7-10(15-13)8-14-3/h4-7,9,14-15H,8H2,1-3H3. The average molecular weight is 202 g/mol. The third kappa shape index (κ3) is 1.90. The van der Waals surface area contributed by atoms with Crippen molar-refractivity contribution in [2.45, 2.75) is 26.3 Å². The van der Waals surface area contributed by atoms with E-state index in [1.54, 1.807) is 0 Å². The SMILES string of the molecule is CNCc1cc2c(C(C)C)cccc2[nH]1. The Labute approximate surface area is 90.7 Å². The van der Waals surface area contributed by atoms with Gasteiger partial charge in [0.05, 0.1) is 0 Å². The Morgan fingerprint density at radius 2 is 2.13 bits per heavy atom. The minimum atomic E-state index is 0.576. The molecular weight excluding hydrogens is 184 g/mol. The van der Waals surface area contributed by atoms with E-state index in [9.17, 15) is 0 Å². The van der Waals surface area contributed by atoms with Gasteiger partial charge in [-0.1, -0.05) is 26.0 Å². The zero-order chi connectivity index (χ0) is 10.8. The summed E-state index contributed by atoms with van der Waals surface area (Å²) in [6.45, 7) is 5.37. The highest BCUT2D eigenvalue weighted by molar-refractivity contribution is 5.84. The zero-order valence-electron chi connectivity index (χ0n) is 9.59. The van der Waals surface area contributed by atoms with Crippen LogP contribution in [0.4, 0.5) is 0 Å². The topological polar surface area (TPSA) is 27.8 Å². The van der Waals surface area contributed by atoms with Crippen LogP contribution in [0.5, 0.6) is 0 Å². The molecule has 0 saturated heterocycles. The van der Waals surface area contributed by atoms with E-state index in [2.05, 4.69) is 48.4 Å². The van der Waals surface area contributed by atoms with Crippen molar-refractivity contribution in [3.8, 4) is 0 Å². The number of rotatable bonds is 3. The molecule has 0 spiro atoms. The Kier molecular flexibility index (Phi) is 2.78. The Bertz CT molecular complexity index is 455. The quantitative estimate of drug-likeness (QED) is 0.786. The van der Waals surface area contributed by atoms with Crippen molar-refractivity contribution in [1.29, 1.82) is 0 Å². The molecule has 0 radical (unpaired) electrons. The normalized spacial score (nSPS) is 11.5. The second kappa shape index (κ2) is 4.07. The average Bonchev–Trinajstić information content (AvgIpc) is 2.59. The van der Waals surface area contributed by atoms with Crippen molar-refractivity contribution >= 4 is 10.9 Å².